The number of nitrogens with zero attached hydrogens (tertiary/aromatic N) is 3. The zero-order valence-corrected chi connectivity index (χ0v) is 12.2. The first-order valence-corrected chi connectivity index (χ1v) is 7.17. The molecule has 0 spiro atoms. The minimum atomic E-state index is 0.741. The van der Waals surface area contributed by atoms with Gasteiger partial charge in [0.2, 0.25) is 0 Å². The van der Waals surface area contributed by atoms with Crippen LogP contribution in [0, 0.1) is 6.92 Å². The maximum Gasteiger partial charge on any atom is 0.162 e. The molecule has 3 aromatic heterocycles. The predicted octanol–water partition coefficient (Wildman–Crippen LogP) is 3.33. The zero-order valence-electron chi connectivity index (χ0n) is 11.4. The molecule has 0 aromatic carbocycles. The molecule has 0 N–H and O–H groups in total. The van der Waals surface area contributed by atoms with E-state index in [1.165, 1.54) is 0 Å². The largest absolute Gasteiger partial charge is 0.462 e. The van der Waals surface area contributed by atoms with Crippen LogP contribution in [0.15, 0.2) is 38.8 Å². The lowest BCUT2D eigenvalue weighted by molar-refractivity contribution is 0.299. The van der Waals surface area contributed by atoms with Crippen LogP contribution in [0.5, 0.6) is 0 Å². The van der Waals surface area contributed by atoms with E-state index >= 15 is 0 Å². The Bertz CT molecular complexity index is 672. The van der Waals surface area contributed by atoms with Gasteiger partial charge < -0.3 is 8.94 Å². The summed E-state index contributed by atoms with van der Waals surface area (Å²) in [5, 5.41) is 6.96. The van der Waals surface area contributed by atoms with Gasteiger partial charge in [-0.2, -0.15) is 0 Å². The Balaban J connectivity index is 1.63. The highest BCUT2D eigenvalue weighted by Gasteiger charge is 2.10. The first-order chi connectivity index (χ1) is 9.70. The zero-order chi connectivity index (χ0) is 13.9. The Hall–Kier alpha value is -1.92. The Morgan fingerprint density at radius 3 is 2.85 bits per heavy atom. The highest BCUT2D eigenvalue weighted by molar-refractivity contribution is 7.13. The molecule has 0 aliphatic rings. The molecule has 20 heavy (non-hydrogen) atoms. The molecule has 0 amide bonds. The number of aryl methyl sites for hydroxylation is 1. The fraction of sp³-hybridized carbons (Fsp3) is 0.286. The van der Waals surface area contributed by atoms with Crippen molar-refractivity contribution in [2.45, 2.75) is 20.0 Å². The van der Waals surface area contributed by atoms with Crippen LogP contribution < -0.4 is 0 Å². The van der Waals surface area contributed by atoms with E-state index in [1.54, 1.807) is 17.6 Å². The van der Waals surface area contributed by atoms with Gasteiger partial charge in [-0.15, -0.1) is 11.3 Å². The molecule has 3 aromatic rings. The van der Waals surface area contributed by atoms with Crippen molar-refractivity contribution in [3.63, 3.8) is 0 Å². The van der Waals surface area contributed by atoms with Gasteiger partial charge in [-0.05, 0) is 26.1 Å². The number of rotatable bonds is 5. The maximum atomic E-state index is 5.35. The molecule has 0 aliphatic carbocycles. The summed E-state index contributed by atoms with van der Waals surface area (Å²) in [5.41, 5.74) is 1.97. The molecule has 3 rings (SSSR count). The van der Waals surface area contributed by atoms with Crippen LogP contribution in [-0.2, 0) is 13.1 Å². The Kier molecular flexibility index (Phi) is 3.66. The van der Waals surface area contributed by atoms with E-state index in [2.05, 4.69) is 20.4 Å². The molecule has 0 saturated heterocycles. The molecule has 0 bridgehead atoms. The number of aromatic nitrogens is 2. The van der Waals surface area contributed by atoms with Crippen molar-refractivity contribution in [3.05, 3.63) is 47.0 Å². The fourth-order valence-electron chi connectivity index (χ4n) is 1.99. The van der Waals surface area contributed by atoms with Crippen molar-refractivity contribution in [1.29, 1.82) is 0 Å². The summed E-state index contributed by atoms with van der Waals surface area (Å²) in [5.74, 6) is 1.65. The number of hydrogen-bond acceptors (Lipinski definition) is 6. The summed E-state index contributed by atoms with van der Waals surface area (Å²) in [6, 6.07) is 5.74. The van der Waals surface area contributed by atoms with Crippen LogP contribution in [-0.4, -0.2) is 22.1 Å². The minimum Gasteiger partial charge on any atom is -0.462 e. The molecular formula is C14H15N3O2S. The minimum absolute atomic E-state index is 0.741. The van der Waals surface area contributed by atoms with Crippen LogP contribution in [0.1, 0.15) is 17.1 Å². The molecule has 0 saturated carbocycles. The van der Waals surface area contributed by atoms with Gasteiger partial charge >= 0.3 is 0 Å². The van der Waals surface area contributed by atoms with Gasteiger partial charge in [-0.25, -0.2) is 4.98 Å². The summed E-state index contributed by atoms with van der Waals surface area (Å²) >= 11 is 1.59. The van der Waals surface area contributed by atoms with Gasteiger partial charge in [0.05, 0.1) is 17.7 Å². The van der Waals surface area contributed by atoms with Crippen LogP contribution in [0.2, 0.25) is 0 Å². The molecule has 3 heterocycles. The highest BCUT2D eigenvalue weighted by Crippen LogP contribution is 2.24. The van der Waals surface area contributed by atoms with Crippen LogP contribution in [0.3, 0.4) is 0 Å². The first kappa shape index (κ1) is 13.1. The van der Waals surface area contributed by atoms with Crippen LogP contribution in [0.25, 0.3) is 10.8 Å². The Morgan fingerprint density at radius 1 is 1.30 bits per heavy atom. The van der Waals surface area contributed by atoms with Crippen LogP contribution >= 0.6 is 11.3 Å². The number of furan rings is 1. The second-order valence-corrected chi connectivity index (χ2v) is 5.58. The standard InChI is InChI=1S/C14H15N3O2S/c1-10-6-11(16-19-10)7-17(2)8-12-9-20-14(15-12)13-4-3-5-18-13/h3-6,9H,7-8H2,1-2H3. The third kappa shape index (κ3) is 2.97. The summed E-state index contributed by atoms with van der Waals surface area (Å²) in [6.45, 7) is 3.40. The van der Waals surface area contributed by atoms with E-state index in [-0.39, 0.29) is 0 Å². The average molecular weight is 289 g/mol. The molecule has 0 atom stereocenters. The van der Waals surface area contributed by atoms with Gasteiger partial charge in [0.1, 0.15) is 5.76 Å². The summed E-state index contributed by atoms with van der Waals surface area (Å²) in [7, 11) is 2.04. The number of thiazole rings is 1. The van der Waals surface area contributed by atoms with Gasteiger partial charge in [0, 0.05) is 24.5 Å². The van der Waals surface area contributed by atoms with Gasteiger partial charge in [0.15, 0.2) is 10.8 Å². The second-order valence-electron chi connectivity index (χ2n) is 4.72. The van der Waals surface area contributed by atoms with Crippen molar-refractivity contribution in [3.8, 4) is 10.8 Å². The van der Waals surface area contributed by atoms with E-state index < -0.39 is 0 Å². The molecule has 0 aliphatic heterocycles. The van der Waals surface area contributed by atoms with E-state index in [1.807, 2.05) is 32.2 Å². The lowest BCUT2D eigenvalue weighted by Gasteiger charge is -2.12. The molecule has 104 valence electrons. The topological polar surface area (TPSA) is 55.3 Å². The van der Waals surface area contributed by atoms with Crippen molar-refractivity contribution in [2.75, 3.05) is 7.05 Å². The third-order valence-corrected chi connectivity index (χ3v) is 3.73. The summed E-state index contributed by atoms with van der Waals surface area (Å²) in [4.78, 5) is 6.73. The molecule has 0 radical (unpaired) electrons. The van der Waals surface area contributed by atoms with E-state index in [0.29, 0.717) is 0 Å². The van der Waals surface area contributed by atoms with Crippen molar-refractivity contribution in [1.82, 2.24) is 15.0 Å². The quantitative estimate of drug-likeness (QED) is 0.721. The SMILES string of the molecule is Cc1cc(CN(C)Cc2csc(-c3ccco3)n2)no1. The number of hydrogen-bond donors (Lipinski definition) is 0. The predicted molar refractivity (Wildman–Crippen MR) is 76.2 cm³/mol. The molecular weight excluding hydrogens is 274 g/mol. The molecule has 5 nitrogen and oxygen atoms in total. The Labute approximate surface area is 120 Å². The van der Waals surface area contributed by atoms with Gasteiger partial charge in [-0.1, -0.05) is 5.16 Å². The fourth-order valence-corrected chi connectivity index (χ4v) is 2.77. The van der Waals surface area contributed by atoms with Gasteiger partial charge in [0.25, 0.3) is 0 Å². The van der Waals surface area contributed by atoms with E-state index in [4.69, 9.17) is 8.94 Å². The first-order valence-electron chi connectivity index (χ1n) is 6.30. The third-order valence-electron chi connectivity index (χ3n) is 2.82. The second kappa shape index (κ2) is 5.60. The molecule has 0 unspecified atom stereocenters. The van der Waals surface area contributed by atoms with Crippen molar-refractivity contribution < 1.29 is 8.94 Å². The van der Waals surface area contributed by atoms with E-state index in [0.717, 1.165) is 41.0 Å². The van der Waals surface area contributed by atoms with E-state index in [9.17, 15) is 0 Å². The average Bonchev–Trinajstić information content (AvgIpc) is 3.10. The highest BCUT2D eigenvalue weighted by atomic mass is 32.1. The maximum absolute atomic E-state index is 5.35. The van der Waals surface area contributed by atoms with Gasteiger partial charge in [-0.3, -0.25) is 4.90 Å². The monoisotopic (exact) mass is 289 g/mol. The molecule has 6 heteroatoms. The van der Waals surface area contributed by atoms with Crippen molar-refractivity contribution >= 4 is 11.3 Å². The summed E-state index contributed by atoms with van der Waals surface area (Å²) in [6.07, 6.45) is 1.66. The normalized spacial score (nSPS) is 11.3. The smallest absolute Gasteiger partial charge is 0.162 e. The lowest BCUT2D eigenvalue weighted by atomic mass is 10.3. The molecule has 0 fully saturated rings. The lowest BCUT2D eigenvalue weighted by Crippen LogP contribution is -2.17. The van der Waals surface area contributed by atoms with Crippen molar-refractivity contribution in [2.24, 2.45) is 0 Å². The summed E-state index contributed by atoms with van der Waals surface area (Å²) < 4.78 is 10.4. The van der Waals surface area contributed by atoms with Crippen LogP contribution in [0.4, 0.5) is 0 Å². The Morgan fingerprint density at radius 2 is 2.15 bits per heavy atom.